The second-order valence-electron chi connectivity index (χ2n) is 3.65. The minimum atomic E-state index is 0.483. The molecule has 1 aromatic rings. The highest BCUT2D eigenvalue weighted by Gasteiger charge is 2.07. The first-order chi connectivity index (χ1) is 7.20. The maximum atomic E-state index is 4.32. The summed E-state index contributed by atoms with van der Waals surface area (Å²) in [6, 6.07) is 2.05. The van der Waals surface area contributed by atoms with E-state index in [0.29, 0.717) is 5.92 Å². The van der Waals surface area contributed by atoms with Gasteiger partial charge in [0.15, 0.2) is 0 Å². The van der Waals surface area contributed by atoms with Crippen LogP contribution in [0.3, 0.4) is 0 Å². The fourth-order valence-corrected chi connectivity index (χ4v) is 1.52. The van der Waals surface area contributed by atoms with Crippen molar-refractivity contribution in [1.29, 1.82) is 0 Å². The average molecular weight is 199 g/mol. The summed E-state index contributed by atoms with van der Waals surface area (Å²) in [6.45, 7) is 11.8. The fourth-order valence-electron chi connectivity index (χ4n) is 1.52. The van der Waals surface area contributed by atoms with Gasteiger partial charge in [-0.2, -0.15) is 0 Å². The normalized spacial score (nSPS) is 10.9. The van der Waals surface area contributed by atoms with Crippen molar-refractivity contribution in [3.8, 4) is 0 Å². The van der Waals surface area contributed by atoms with Crippen molar-refractivity contribution in [3.63, 3.8) is 0 Å². The molecule has 0 spiro atoms. The van der Waals surface area contributed by atoms with E-state index in [0.717, 1.165) is 11.3 Å². The summed E-state index contributed by atoms with van der Waals surface area (Å²) in [5, 5.41) is 0. The molecule has 0 saturated heterocycles. The van der Waals surface area contributed by atoms with Crippen LogP contribution in [0.2, 0.25) is 0 Å². The van der Waals surface area contributed by atoms with Crippen LogP contribution in [-0.2, 0) is 0 Å². The number of hydrogen-bond acceptors (Lipinski definition) is 1. The maximum absolute atomic E-state index is 4.32. The monoisotopic (exact) mass is 199 g/mol. The predicted octanol–water partition coefficient (Wildman–Crippen LogP) is 4.05. The van der Waals surface area contributed by atoms with Gasteiger partial charge in [0.05, 0.1) is 5.69 Å². The van der Waals surface area contributed by atoms with Crippen LogP contribution in [0.15, 0.2) is 37.6 Å². The Kier molecular flexibility index (Phi) is 4.04. The van der Waals surface area contributed by atoms with Crippen molar-refractivity contribution in [2.75, 3.05) is 0 Å². The van der Waals surface area contributed by atoms with Gasteiger partial charge < -0.3 is 0 Å². The van der Waals surface area contributed by atoms with Crippen molar-refractivity contribution in [1.82, 2.24) is 4.98 Å². The first-order valence-electron chi connectivity index (χ1n) is 5.11. The zero-order valence-corrected chi connectivity index (χ0v) is 9.40. The molecule has 0 aliphatic heterocycles. The summed E-state index contributed by atoms with van der Waals surface area (Å²) in [6.07, 6.45) is 9.29. The molecular weight excluding hydrogens is 182 g/mol. The summed E-state index contributed by atoms with van der Waals surface area (Å²) in [7, 11) is 0. The summed E-state index contributed by atoms with van der Waals surface area (Å²) >= 11 is 0. The Morgan fingerprint density at radius 3 is 2.60 bits per heavy atom. The van der Waals surface area contributed by atoms with Crippen LogP contribution in [0.5, 0.6) is 0 Å². The predicted molar refractivity (Wildman–Crippen MR) is 67.6 cm³/mol. The zero-order valence-electron chi connectivity index (χ0n) is 9.40. The minimum absolute atomic E-state index is 0.483. The summed E-state index contributed by atoms with van der Waals surface area (Å²) in [5.41, 5.74) is 3.35. The molecule has 0 unspecified atom stereocenters. The van der Waals surface area contributed by atoms with E-state index >= 15 is 0 Å². The second-order valence-corrected chi connectivity index (χ2v) is 3.65. The molecule has 1 nitrogen and oxygen atoms in total. The number of aromatic nitrogens is 1. The molecule has 0 aromatic carbocycles. The molecule has 1 heteroatoms. The molecule has 1 aromatic heterocycles. The van der Waals surface area contributed by atoms with Gasteiger partial charge in [-0.25, -0.2) is 0 Å². The Balaban J connectivity index is 3.27. The van der Waals surface area contributed by atoms with Gasteiger partial charge in [0, 0.05) is 11.8 Å². The lowest BCUT2D eigenvalue weighted by molar-refractivity contribution is 0.859. The highest BCUT2D eigenvalue weighted by atomic mass is 14.7. The van der Waals surface area contributed by atoms with E-state index in [9.17, 15) is 0 Å². The first-order valence-corrected chi connectivity index (χ1v) is 5.11. The summed E-state index contributed by atoms with van der Waals surface area (Å²) < 4.78 is 0. The molecule has 0 bridgehead atoms. The Morgan fingerprint density at radius 1 is 1.33 bits per heavy atom. The lowest BCUT2D eigenvalue weighted by atomic mass is 9.96. The third-order valence-electron chi connectivity index (χ3n) is 2.27. The quantitative estimate of drug-likeness (QED) is 0.667. The van der Waals surface area contributed by atoms with Crippen LogP contribution < -0.4 is 0 Å². The third kappa shape index (κ3) is 2.66. The van der Waals surface area contributed by atoms with Crippen LogP contribution in [0.4, 0.5) is 0 Å². The molecule has 0 amide bonds. The van der Waals surface area contributed by atoms with Crippen molar-refractivity contribution in [3.05, 3.63) is 54.4 Å². The van der Waals surface area contributed by atoms with Crippen molar-refractivity contribution < 1.29 is 0 Å². The topological polar surface area (TPSA) is 12.9 Å². The van der Waals surface area contributed by atoms with E-state index in [-0.39, 0.29) is 0 Å². The Labute approximate surface area is 91.9 Å². The minimum Gasteiger partial charge on any atom is -0.256 e. The number of rotatable bonds is 4. The van der Waals surface area contributed by atoms with E-state index in [1.807, 2.05) is 30.5 Å². The van der Waals surface area contributed by atoms with Gasteiger partial charge >= 0.3 is 0 Å². The Bertz CT molecular complexity index is 386. The van der Waals surface area contributed by atoms with Crippen LogP contribution in [0, 0.1) is 0 Å². The SMILES string of the molecule is C=C/C=C\c1nccc(C(C)C)c1C=C. The molecule has 1 heterocycles. The van der Waals surface area contributed by atoms with Crippen LogP contribution in [0.25, 0.3) is 12.2 Å². The molecule has 78 valence electrons. The molecule has 1 rings (SSSR count). The molecule has 0 aliphatic rings. The van der Waals surface area contributed by atoms with Crippen molar-refractivity contribution in [2.45, 2.75) is 19.8 Å². The molecule has 15 heavy (non-hydrogen) atoms. The van der Waals surface area contributed by atoms with Gasteiger partial charge in [-0.15, -0.1) is 0 Å². The smallest absolute Gasteiger partial charge is 0.0704 e. The van der Waals surface area contributed by atoms with Gasteiger partial charge in [0.2, 0.25) is 0 Å². The summed E-state index contributed by atoms with van der Waals surface area (Å²) in [5.74, 6) is 0.483. The molecule has 0 N–H and O–H groups in total. The number of hydrogen-bond donors (Lipinski definition) is 0. The number of allylic oxidation sites excluding steroid dienone is 2. The fraction of sp³-hybridized carbons (Fsp3) is 0.214. The van der Waals surface area contributed by atoms with Gasteiger partial charge in [-0.3, -0.25) is 4.98 Å². The largest absolute Gasteiger partial charge is 0.256 e. The van der Waals surface area contributed by atoms with E-state index in [1.54, 1.807) is 6.08 Å². The van der Waals surface area contributed by atoms with Crippen LogP contribution >= 0.6 is 0 Å². The number of nitrogens with zero attached hydrogens (tertiary/aromatic N) is 1. The van der Waals surface area contributed by atoms with E-state index < -0.39 is 0 Å². The third-order valence-corrected chi connectivity index (χ3v) is 2.27. The lowest BCUT2D eigenvalue weighted by Crippen LogP contribution is -1.96. The Hall–Kier alpha value is -1.63. The van der Waals surface area contributed by atoms with E-state index in [2.05, 4.69) is 32.0 Å². The molecule has 0 fully saturated rings. The van der Waals surface area contributed by atoms with Gasteiger partial charge in [0.25, 0.3) is 0 Å². The van der Waals surface area contributed by atoms with Gasteiger partial charge in [-0.05, 0) is 23.6 Å². The lowest BCUT2D eigenvalue weighted by Gasteiger charge is -2.11. The van der Waals surface area contributed by atoms with Crippen LogP contribution in [-0.4, -0.2) is 4.98 Å². The van der Waals surface area contributed by atoms with Gasteiger partial charge in [0.1, 0.15) is 0 Å². The average Bonchev–Trinajstić information content (AvgIpc) is 2.25. The molecule has 0 radical (unpaired) electrons. The summed E-state index contributed by atoms with van der Waals surface area (Å²) in [4.78, 5) is 4.32. The molecule has 0 atom stereocenters. The number of pyridine rings is 1. The molecule has 0 saturated carbocycles. The highest BCUT2D eigenvalue weighted by Crippen LogP contribution is 2.22. The Morgan fingerprint density at radius 2 is 2.07 bits per heavy atom. The first kappa shape index (κ1) is 11.4. The van der Waals surface area contributed by atoms with Crippen LogP contribution in [0.1, 0.15) is 36.6 Å². The maximum Gasteiger partial charge on any atom is 0.0704 e. The molecule has 0 aliphatic carbocycles. The standard InChI is InChI=1S/C14H17N/c1-5-7-8-14-12(6-2)13(11(3)4)9-10-15-14/h5-11H,1-2H2,3-4H3/b8-7-. The van der Waals surface area contributed by atoms with Gasteiger partial charge in [-0.1, -0.05) is 45.2 Å². The van der Waals surface area contributed by atoms with Crippen molar-refractivity contribution >= 4 is 12.2 Å². The van der Waals surface area contributed by atoms with Crippen molar-refractivity contribution in [2.24, 2.45) is 0 Å². The highest BCUT2D eigenvalue weighted by molar-refractivity contribution is 5.65. The zero-order chi connectivity index (χ0) is 11.3. The van der Waals surface area contributed by atoms with E-state index in [1.165, 1.54) is 5.56 Å². The second kappa shape index (κ2) is 5.30. The van der Waals surface area contributed by atoms with E-state index in [4.69, 9.17) is 0 Å². The molecular formula is C14H17N.